The van der Waals surface area contributed by atoms with E-state index in [4.69, 9.17) is 10.00 Å². The highest BCUT2D eigenvalue weighted by atomic mass is 32.1. The van der Waals surface area contributed by atoms with Crippen molar-refractivity contribution in [1.82, 2.24) is 0 Å². The summed E-state index contributed by atoms with van der Waals surface area (Å²) >= 11 is 1.54. The maximum Gasteiger partial charge on any atom is 0.229 e. The molecule has 0 bridgehead atoms. The fourth-order valence-corrected chi connectivity index (χ4v) is 2.28. The molecule has 0 aliphatic rings. The van der Waals surface area contributed by atoms with E-state index in [0.717, 1.165) is 4.88 Å². The Morgan fingerprint density at radius 1 is 1.32 bits per heavy atom. The summed E-state index contributed by atoms with van der Waals surface area (Å²) in [6, 6.07) is 12.8. The first-order valence-electron chi connectivity index (χ1n) is 5.70. The summed E-state index contributed by atoms with van der Waals surface area (Å²) in [5.41, 5.74) is 0.583. The Morgan fingerprint density at radius 3 is 2.89 bits per heavy atom. The zero-order valence-corrected chi connectivity index (χ0v) is 10.9. The second kappa shape index (κ2) is 6.57. The van der Waals surface area contributed by atoms with Crippen LogP contribution in [0.3, 0.4) is 0 Å². The molecule has 1 aromatic carbocycles. The van der Waals surface area contributed by atoms with Crippen LogP contribution in [0.4, 0.5) is 5.69 Å². The maximum absolute atomic E-state index is 11.9. The van der Waals surface area contributed by atoms with Crippen molar-refractivity contribution in [2.24, 2.45) is 0 Å². The summed E-state index contributed by atoms with van der Waals surface area (Å²) in [4.78, 5) is 12.9. The number of carbonyl (C=O) groups excluding carboxylic acids is 1. The van der Waals surface area contributed by atoms with Crippen LogP contribution in [0.25, 0.3) is 0 Å². The third-order valence-electron chi connectivity index (χ3n) is 2.37. The highest BCUT2D eigenvalue weighted by Gasteiger charge is 2.08. The van der Waals surface area contributed by atoms with Crippen LogP contribution in [-0.4, -0.2) is 12.5 Å². The number of carbonyl (C=O) groups is 1. The van der Waals surface area contributed by atoms with Crippen LogP contribution in [0, 0.1) is 11.3 Å². The topological polar surface area (TPSA) is 62.1 Å². The van der Waals surface area contributed by atoms with Gasteiger partial charge in [-0.15, -0.1) is 11.3 Å². The second-order valence-corrected chi connectivity index (χ2v) is 4.78. The highest BCUT2D eigenvalue weighted by Crippen LogP contribution is 2.24. The fraction of sp³-hybridized carbons (Fsp3) is 0.143. The van der Waals surface area contributed by atoms with E-state index in [9.17, 15) is 4.79 Å². The number of hydrogen-bond acceptors (Lipinski definition) is 4. The van der Waals surface area contributed by atoms with Gasteiger partial charge in [-0.1, -0.05) is 18.2 Å². The molecule has 0 saturated heterocycles. The van der Waals surface area contributed by atoms with Gasteiger partial charge >= 0.3 is 0 Å². The van der Waals surface area contributed by atoms with Gasteiger partial charge in [-0.2, -0.15) is 5.26 Å². The normalized spacial score (nSPS) is 9.63. The van der Waals surface area contributed by atoms with Gasteiger partial charge in [0.25, 0.3) is 0 Å². The van der Waals surface area contributed by atoms with Crippen molar-refractivity contribution in [3.8, 4) is 11.8 Å². The van der Waals surface area contributed by atoms with Gasteiger partial charge < -0.3 is 10.1 Å². The Kier molecular flexibility index (Phi) is 4.54. The molecule has 1 heterocycles. The number of nitrogens with zero attached hydrogens (tertiary/aromatic N) is 1. The van der Waals surface area contributed by atoms with Gasteiger partial charge in [0.2, 0.25) is 5.91 Å². The Hall–Kier alpha value is -2.32. The van der Waals surface area contributed by atoms with Crippen molar-refractivity contribution < 1.29 is 9.53 Å². The van der Waals surface area contributed by atoms with Crippen molar-refractivity contribution in [3.05, 3.63) is 46.7 Å². The average molecular weight is 272 g/mol. The summed E-state index contributed by atoms with van der Waals surface area (Å²) in [7, 11) is 0. The monoisotopic (exact) mass is 272 g/mol. The summed E-state index contributed by atoms with van der Waals surface area (Å²) in [6.07, 6.45) is 0.338. The third kappa shape index (κ3) is 3.83. The summed E-state index contributed by atoms with van der Waals surface area (Å²) in [5, 5.41) is 13.2. The van der Waals surface area contributed by atoms with Gasteiger partial charge in [-0.05, 0) is 23.6 Å². The predicted octanol–water partition coefficient (Wildman–Crippen LogP) is 2.83. The van der Waals surface area contributed by atoms with Crippen LogP contribution < -0.4 is 10.1 Å². The number of nitrogens with one attached hydrogen (secondary N) is 1. The zero-order valence-electron chi connectivity index (χ0n) is 10.1. The molecule has 19 heavy (non-hydrogen) atoms. The molecule has 1 amide bonds. The van der Waals surface area contributed by atoms with E-state index >= 15 is 0 Å². The first-order chi connectivity index (χ1) is 9.29. The van der Waals surface area contributed by atoms with E-state index in [1.807, 2.05) is 23.6 Å². The van der Waals surface area contributed by atoms with Crippen LogP contribution in [0.5, 0.6) is 5.75 Å². The van der Waals surface area contributed by atoms with Crippen molar-refractivity contribution in [2.75, 3.05) is 11.9 Å². The van der Waals surface area contributed by atoms with Gasteiger partial charge in [0.15, 0.2) is 6.61 Å². The van der Waals surface area contributed by atoms with Crippen LogP contribution in [0.1, 0.15) is 4.88 Å². The average Bonchev–Trinajstić information content (AvgIpc) is 2.90. The highest BCUT2D eigenvalue weighted by molar-refractivity contribution is 7.10. The van der Waals surface area contributed by atoms with Gasteiger partial charge in [0.05, 0.1) is 12.1 Å². The molecule has 0 radical (unpaired) electrons. The SMILES string of the molecule is N#CCOc1ccccc1NC(=O)Cc1cccs1. The molecule has 0 aliphatic carbocycles. The Bertz CT molecular complexity index is 588. The number of hydrogen-bond donors (Lipinski definition) is 1. The summed E-state index contributed by atoms with van der Waals surface area (Å²) in [5.74, 6) is 0.402. The van der Waals surface area contributed by atoms with E-state index in [0.29, 0.717) is 17.9 Å². The molecule has 96 valence electrons. The van der Waals surface area contributed by atoms with E-state index < -0.39 is 0 Å². The molecule has 0 saturated carbocycles. The van der Waals surface area contributed by atoms with Crippen LogP contribution >= 0.6 is 11.3 Å². The molecular weight excluding hydrogens is 260 g/mol. The minimum atomic E-state index is -0.101. The fourth-order valence-electron chi connectivity index (χ4n) is 1.57. The standard InChI is InChI=1S/C14H12N2O2S/c15-7-8-18-13-6-2-1-5-12(13)16-14(17)10-11-4-3-9-19-11/h1-6,9H,8,10H2,(H,16,17). The lowest BCUT2D eigenvalue weighted by Crippen LogP contribution is -2.14. The largest absolute Gasteiger partial charge is 0.477 e. The number of anilines is 1. The minimum Gasteiger partial charge on any atom is -0.477 e. The molecule has 0 atom stereocenters. The van der Waals surface area contributed by atoms with Crippen LogP contribution in [0.2, 0.25) is 0 Å². The van der Waals surface area contributed by atoms with Gasteiger partial charge in [0.1, 0.15) is 11.8 Å². The summed E-state index contributed by atoms with van der Waals surface area (Å²) in [6.45, 7) is -0.0438. The van der Waals surface area contributed by atoms with Gasteiger partial charge in [-0.3, -0.25) is 4.79 Å². The molecule has 2 rings (SSSR count). The number of nitriles is 1. The Balaban J connectivity index is 2.02. The maximum atomic E-state index is 11.9. The Morgan fingerprint density at radius 2 is 2.16 bits per heavy atom. The Labute approximate surface area is 115 Å². The molecular formula is C14H12N2O2S. The number of thiophene rings is 1. The van der Waals surface area contributed by atoms with Gasteiger partial charge in [-0.25, -0.2) is 0 Å². The first-order valence-corrected chi connectivity index (χ1v) is 6.58. The van der Waals surface area contributed by atoms with Crippen molar-refractivity contribution in [1.29, 1.82) is 5.26 Å². The smallest absolute Gasteiger partial charge is 0.229 e. The molecule has 0 spiro atoms. The summed E-state index contributed by atoms with van der Waals surface area (Å²) < 4.78 is 5.25. The zero-order chi connectivity index (χ0) is 13.5. The predicted molar refractivity (Wildman–Crippen MR) is 74.2 cm³/mol. The van der Waals surface area contributed by atoms with Crippen molar-refractivity contribution >= 4 is 22.9 Å². The lowest BCUT2D eigenvalue weighted by molar-refractivity contribution is -0.115. The van der Waals surface area contributed by atoms with E-state index in [2.05, 4.69) is 5.32 Å². The molecule has 1 aromatic heterocycles. The van der Waals surface area contributed by atoms with Crippen molar-refractivity contribution in [2.45, 2.75) is 6.42 Å². The molecule has 2 aromatic rings. The molecule has 0 unspecified atom stereocenters. The number of benzene rings is 1. The van der Waals surface area contributed by atoms with Gasteiger partial charge in [0, 0.05) is 4.88 Å². The quantitative estimate of drug-likeness (QED) is 0.910. The lowest BCUT2D eigenvalue weighted by Gasteiger charge is -2.10. The number of amides is 1. The lowest BCUT2D eigenvalue weighted by atomic mass is 10.2. The molecule has 0 aliphatic heterocycles. The van der Waals surface area contributed by atoms with Crippen LogP contribution in [0.15, 0.2) is 41.8 Å². The first kappa shape index (κ1) is 13.1. The van der Waals surface area contributed by atoms with E-state index in [-0.39, 0.29) is 12.5 Å². The molecule has 1 N–H and O–H groups in total. The number of para-hydroxylation sites is 2. The van der Waals surface area contributed by atoms with E-state index in [1.54, 1.807) is 35.6 Å². The van der Waals surface area contributed by atoms with Crippen LogP contribution in [-0.2, 0) is 11.2 Å². The van der Waals surface area contributed by atoms with Crippen molar-refractivity contribution in [3.63, 3.8) is 0 Å². The minimum absolute atomic E-state index is 0.0438. The molecule has 5 heteroatoms. The third-order valence-corrected chi connectivity index (χ3v) is 3.24. The second-order valence-electron chi connectivity index (χ2n) is 3.75. The number of ether oxygens (including phenoxy) is 1. The molecule has 4 nitrogen and oxygen atoms in total. The van der Waals surface area contributed by atoms with E-state index in [1.165, 1.54) is 0 Å². The number of rotatable bonds is 5. The molecule has 0 fully saturated rings.